The summed E-state index contributed by atoms with van der Waals surface area (Å²) in [6.07, 6.45) is 0. The summed E-state index contributed by atoms with van der Waals surface area (Å²) in [5.41, 5.74) is 12.3. The standard InChI is InChI=1S/C50H33NO/c1-2-12-34(13-3-1)35-24-26-36(27-25-35)37-28-30-40(31-29-37)51(48-22-11-15-38-14-4-5-18-42(38)48)41-17-10-16-39(32-41)46-33-47-44-20-8-9-23-49(44)52-50(47)45-21-7-6-19-43(45)46/h1-33H. The van der Waals surface area contributed by atoms with Crippen molar-refractivity contribution in [3.05, 3.63) is 200 Å². The maximum absolute atomic E-state index is 6.43. The Morgan fingerprint density at radius 2 is 0.885 bits per heavy atom. The van der Waals surface area contributed by atoms with E-state index in [-0.39, 0.29) is 0 Å². The second-order valence-electron chi connectivity index (χ2n) is 13.3. The van der Waals surface area contributed by atoms with Gasteiger partial charge in [0.1, 0.15) is 11.2 Å². The number of para-hydroxylation sites is 1. The Hall–Kier alpha value is -6.90. The Bertz CT molecular complexity index is 2880. The van der Waals surface area contributed by atoms with E-state index in [4.69, 9.17) is 4.42 Å². The average Bonchev–Trinajstić information content (AvgIpc) is 3.60. The third kappa shape index (κ3) is 5.12. The minimum absolute atomic E-state index is 0.909. The van der Waals surface area contributed by atoms with Crippen molar-refractivity contribution in [2.24, 2.45) is 0 Å². The van der Waals surface area contributed by atoms with Crippen LogP contribution < -0.4 is 4.90 Å². The van der Waals surface area contributed by atoms with Gasteiger partial charge in [0.25, 0.3) is 0 Å². The number of fused-ring (bicyclic) bond motifs is 6. The van der Waals surface area contributed by atoms with Crippen LogP contribution in [0.3, 0.4) is 0 Å². The van der Waals surface area contributed by atoms with Crippen molar-refractivity contribution in [1.82, 2.24) is 0 Å². The molecule has 1 aromatic heterocycles. The summed E-state index contributed by atoms with van der Waals surface area (Å²) in [5, 5.41) is 6.97. The monoisotopic (exact) mass is 663 g/mol. The van der Waals surface area contributed by atoms with Gasteiger partial charge >= 0.3 is 0 Å². The fourth-order valence-corrected chi connectivity index (χ4v) is 7.72. The molecular formula is C50H33NO. The predicted molar refractivity (Wildman–Crippen MR) is 220 cm³/mol. The molecule has 10 aromatic rings. The number of furan rings is 1. The molecule has 9 aromatic carbocycles. The number of hydrogen-bond acceptors (Lipinski definition) is 2. The maximum atomic E-state index is 6.43. The zero-order valence-electron chi connectivity index (χ0n) is 28.4. The van der Waals surface area contributed by atoms with E-state index >= 15 is 0 Å². The van der Waals surface area contributed by atoms with Crippen LogP contribution in [0.5, 0.6) is 0 Å². The van der Waals surface area contributed by atoms with Crippen LogP contribution in [0.2, 0.25) is 0 Å². The fraction of sp³-hybridized carbons (Fsp3) is 0. The van der Waals surface area contributed by atoms with E-state index in [0.717, 1.165) is 50.0 Å². The summed E-state index contributed by atoms with van der Waals surface area (Å²) in [5.74, 6) is 0. The summed E-state index contributed by atoms with van der Waals surface area (Å²) in [4.78, 5) is 2.39. The minimum atomic E-state index is 0.909. The number of benzene rings is 9. The van der Waals surface area contributed by atoms with E-state index in [1.54, 1.807) is 0 Å². The number of rotatable bonds is 6. The van der Waals surface area contributed by atoms with E-state index < -0.39 is 0 Å². The minimum Gasteiger partial charge on any atom is -0.455 e. The van der Waals surface area contributed by atoms with Crippen LogP contribution in [0.1, 0.15) is 0 Å². The largest absolute Gasteiger partial charge is 0.455 e. The lowest BCUT2D eigenvalue weighted by atomic mass is 9.95. The molecular weight excluding hydrogens is 631 g/mol. The highest BCUT2D eigenvalue weighted by atomic mass is 16.3. The first-order chi connectivity index (χ1) is 25.8. The van der Waals surface area contributed by atoms with Gasteiger partial charge in [-0.3, -0.25) is 0 Å². The molecule has 0 bridgehead atoms. The molecule has 0 unspecified atom stereocenters. The van der Waals surface area contributed by atoms with Gasteiger partial charge in [0.05, 0.1) is 5.69 Å². The predicted octanol–water partition coefficient (Wildman–Crippen LogP) is 14.4. The third-order valence-corrected chi connectivity index (χ3v) is 10.3. The van der Waals surface area contributed by atoms with E-state index in [0.29, 0.717) is 0 Å². The van der Waals surface area contributed by atoms with E-state index in [2.05, 4.69) is 199 Å². The van der Waals surface area contributed by atoms with Crippen molar-refractivity contribution in [3.63, 3.8) is 0 Å². The van der Waals surface area contributed by atoms with Gasteiger partial charge in [-0.1, -0.05) is 158 Å². The summed E-state index contributed by atoms with van der Waals surface area (Å²) in [7, 11) is 0. The highest BCUT2D eigenvalue weighted by Crippen LogP contribution is 2.43. The summed E-state index contributed by atoms with van der Waals surface area (Å²) < 4.78 is 6.43. The molecule has 10 rings (SSSR count). The number of anilines is 3. The highest BCUT2D eigenvalue weighted by Gasteiger charge is 2.19. The molecule has 0 fully saturated rings. The van der Waals surface area contributed by atoms with Gasteiger partial charge in [-0.15, -0.1) is 0 Å². The first kappa shape index (κ1) is 30.0. The summed E-state index contributed by atoms with van der Waals surface area (Å²) in [6, 6.07) is 71.7. The van der Waals surface area contributed by atoms with Crippen LogP contribution in [0.15, 0.2) is 205 Å². The quantitative estimate of drug-likeness (QED) is 0.176. The van der Waals surface area contributed by atoms with Gasteiger partial charge in [-0.05, 0) is 86.6 Å². The molecule has 0 radical (unpaired) electrons. The average molecular weight is 664 g/mol. The van der Waals surface area contributed by atoms with Gasteiger partial charge < -0.3 is 9.32 Å². The van der Waals surface area contributed by atoms with Gasteiger partial charge in [0.2, 0.25) is 0 Å². The van der Waals surface area contributed by atoms with Crippen LogP contribution in [0, 0.1) is 0 Å². The van der Waals surface area contributed by atoms with Gasteiger partial charge in [0, 0.05) is 32.9 Å². The molecule has 0 atom stereocenters. The molecule has 1 heterocycles. The Morgan fingerprint density at radius 1 is 0.327 bits per heavy atom. The first-order valence-corrected chi connectivity index (χ1v) is 17.8. The second kappa shape index (κ2) is 12.5. The summed E-state index contributed by atoms with van der Waals surface area (Å²) in [6.45, 7) is 0. The number of hydrogen-bond donors (Lipinski definition) is 0. The molecule has 0 saturated carbocycles. The van der Waals surface area contributed by atoms with Crippen LogP contribution in [-0.2, 0) is 0 Å². The van der Waals surface area contributed by atoms with E-state index in [1.165, 1.54) is 44.0 Å². The fourth-order valence-electron chi connectivity index (χ4n) is 7.72. The van der Waals surface area contributed by atoms with Gasteiger partial charge in [-0.25, -0.2) is 0 Å². The molecule has 0 amide bonds. The van der Waals surface area contributed by atoms with Gasteiger partial charge in [0.15, 0.2) is 0 Å². The molecule has 0 aliphatic carbocycles. The Kier molecular flexibility index (Phi) is 7.18. The summed E-state index contributed by atoms with van der Waals surface area (Å²) >= 11 is 0. The highest BCUT2D eigenvalue weighted by molar-refractivity contribution is 6.19. The second-order valence-corrected chi connectivity index (χ2v) is 13.3. The normalized spacial score (nSPS) is 11.5. The molecule has 2 nitrogen and oxygen atoms in total. The Labute approximate surface area is 302 Å². The lowest BCUT2D eigenvalue weighted by Crippen LogP contribution is -2.10. The van der Waals surface area contributed by atoms with Crippen molar-refractivity contribution in [2.45, 2.75) is 0 Å². The molecule has 0 saturated heterocycles. The smallest absolute Gasteiger partial charge is 0.143 e. The van der Waals surface area contributed by atoms with Crippen molar-refractivity contribution in [3.8, 4) is 33.4 Å². The Morgan fingerprint density at radius 3 is 1.65 bits per heavy atom. The molecule has 0 N–H and O–H groups in total. The maximum Gasteiger partial charge on any atom is 0.143 e. The van der Waals surface area contributed by atoms with Crippen LogP contribution in [0.25, 0.3) is 76.9 Å². The molecule has 0 aliphatic rings. The van der Waals surface area contributed by atoms with Crippen LogP contribution in [-0.4, -0.2) is 0 Å². The van der Waals surface area contributed by atoms with Crippen LogP contribution in [0.4, 0.5) is 17.1 Å². The zero-order chi connectivity index (χ0) is 34.4. The number of nitrogens with zero attached hydrogens (tertiary/aromatic N) is 1. The van der Waals surface area contributed by atoms with Crippen molar-refractivity contribution < 1.29 is 4.42 Å². The van der Waals surface area contributed by atoms with E-state index in [1.807, 2.05) is 6.07 Å². The lowest BCUT2D eigenvalue weighted by molar-refractivity contribution is 0.672. The van der Waals surface area contributed by atoms with Gasteiger partial charge in [-0.2, -0.15) is 0 Å². The van der Waals surface area contributed by atoms with Crippen LogP contribution >= 0.6 is 0 Å². The van der Waals surface area contributed by atoms with Crippen molar-refractivity contribution in [2.75, 3.05) is 4.90 Å². The zero-order valence-corrected chi connectivity index (χ0v) is 28.4. The Balaban J connectivity index is 1.11. The topological polar surface area (TPSA) is 16.4 Å². The first-order valence-electron chi connectivity index (χ1n) is 17.8. The SMILES string of the molecule is c1ccc(-c2ccc(-c3ccc(N(c4cccc(-c5cc6c7ccccc7oc6c6ccccc56)c4)c4cccc5ccccc45)cc3)cc2)cc1. The van der Waals surface area contributed by atoms with E-state index in [9.17, 15) is 0 Å². The van der Waals surface area contributed by atoms with Crippen molar-refractivity contribution >= 4 is 60.5 Å². The molecule has 0 aliphatic heterocycles. The van der Waals surface area contributed by atoms with Crippen molar-refractivity contribution in [1.29, 1.82) is 0 Å². The molecule has 244 valence electrons. The molecule has 2 heteroatoms. The molecule has 52 heavy (non-hydrogen) atoms. The lowest BCUT2D eigenvalue weighted by Gasteiger charge is -2.27. The molecule has 0 spiro atoms. The third-order valence-electron chi connectivity index (χ3n) is 10.3.